The maximum absolute atomic E-state index is 11.9. The van der Waals surface area contributed by atoms with Gasteiger partial charge in [-0.1, -0.05) is 13.0 Å². The summed E-state index contributed by atoms with van der Waals surface area (Å²) in [5.74, 6) is -0.0898. The van der Waals surface area contributed by atoms with Crippen LogP contribution in [-0.4, -0.2) is 23.7 Å². The number of fused-ring (bicyclic) bond motifs is 1. The molecule has 0 saturated heterocycles. The maximum Gasteiger partial charge on any atom is 0.251 e. The van der Waals surface area contributed by atoms with Crippen LogP contribution in [0.1, 0.15) is 41.3 Å². The first kappa shape index (κ1) is 13.1. The number of rotatable bonds is 5. The Balaban J connectivity index is 1.89. The number of carbonyl (C=O) groups is 1. The first-order valence-corrected chi connectivity index (χ1v) is 6.36. The fourth-order valence-corrected chi connectivity index (χ4v) is 1.97. The van der Waals surface area contributed by atoms with Crippen molar-refractivity contribution in [2.45, 2.75) is 39.1 Å². The molecule has 0 fully saturated rings. The van der Waals surface area contributed by atoms with E-state index in [1.54, 1.807) is 0 Å². The van der Waals surface area contributed by atoms with Crippen LogP contribution in [0.4, 0.5) is 0 Å². The van der Waals surface area contributed by atoms with E-state index in [0.29, 0.717) is 38.2 Å². The van der Waals surface area contributed by atoms with E-state index in [-0.39, 0.29) is 12.0 Å². The third-order valence-electron chi connectivity index (χ3n) is 3.22. The zero-order valence-electron chi connectivity index (χ0n) is 10.6. The number of ether oxygens (including phenoxy) is 1. The molecule has 1 aromatic carbocycles. The molecule has 0 aliphatic carbocycles. The van der Waals surface area contributed by atoms with Gasteiger partial charge in [0, 0.05) is 12.1 Å². The number of nitrogens with one attached hydrogen (secondary N) is 1. The van der Waals surface area contributed by atoms with Gasteiger partial charge in [-0.25, -0.2) is 0 Å². The summed E-state index contributed by atoms with van der Waals surface area (Å²) in [6, 6.07) is 5.64. The molecular formula is C14H19NO3. The lowest BCUT2D eigenvalue weighted by Crippen LogP contribution is -2.27. The van der Waals surface area contributed by atoms with Gasteiger partial charge in [0.1, 0.15) is 0 Å². The van der Waals surface area contributed by atoms with Gasteiger partial charge in [-0.3, -0.25) is 4.79 Å². The van der Waals surface area contributed by atoms with Crippen LogP contribution in [-0.2, 0) is 18.0 Å². The van der Waals surface area contributed by atoms with E-state index in [1.807, 2.05) is 25.1 Å². The normalized spacial score (nSPS) is 15.2. The van der Waals surface area contributed by atoms with Crippen LogP contribution in [0.2, 0.25) is 0 Å². The molecule has 18 heavy (non-hydrogen) atoms. The highest BCUT2D eigenvalue weighted by Gasteiger charge is 2.14. The second-order valence-corrected chi connectivity index (χ2v) is 4.58. The van der Waals surface area contributed by atoms with E-state index < -0.39 is 0 Å². The molecule has 0 bridgehead atoms. The van der Waals surface area contributed by atoms with Gasteiger partial charge in [-0.05, 0) is 36.1 Å². The molecule has 0 aromatic heterocycles. The lowest BCUT2D eigenvalue weighted by Gasteiger charge is -2.09. The van der Waals surface area contributed by atoms with Gasteiger partial charge in [-0.15, -0.1) is 0 Å². The van der Waals surface area contributed by atoms with Crippen molar-refractivity contribution in [3.05, 3.63) is 34.9 Å². The number of carbonyl (C=O) groups excluding carboxylic acids is 1. The summed E-state index contributed by atoms with van der Waals surface area (Å²) >= 11 is 0. The minimum absolute atomic E-state index is 0.0898. The molecule has 4 heteroatoms. The van der Waals surface area contributed by atoms with Crippen LogP contribution in [0.25, 0.3) is 0 Å². The van der Waals surface area contributed by atoms with Crippen molar-refractivity contribution in [3.63, 3.8) is 0 Å². The molecule has 1 heterocycles. The van der Waals surface area contributed by atoms with Crippen molar-refractivity contribution in [1.82, 2.24) is 5.32 Å². The molecule has 2 N–H and O–H groups in total. The highest BCUT2D eigenvalue weighted by atomic mass is 16.5. The molecule has 0 saturated carbocycles. The first-order chi connectivity index (χ1) is 8.70. The summed E-state index contributed by atoms with van der Waals surface area (Å²) in [6.45, 7) is 3.65. The van der Waals surface area contributed by atoms with E-state index in [9.17, 15) is 9.90 Å². The summed E-state index contributed by atoms with van der Waals surface area (Å²) in [7, 11) is 0. The maximum atomic E-state index is 11.9. The molecule has 1 aliphatic rings. The van der Waals surface area contributed by atoms with Crippen molar-refractivity contribution < 1.29 is 14.6 Å². The van der Waals surface area contributed by atoms with Crippen molar-refractivity contribution in [1.29, 1.82) is 0 Å². The van der Waals surface area contributed by atoms with E-state index in [4.69, 9.17) is 4.74 Å². The quantitative estimate of drug-likeness (QED) is 0.833. The third kappa shape index (κ3) is 3.09. The van der Waals surface area contributed by atoms with Gasteiger partial charge in [0.25, 0.3) is 5.91 Å². The Morgan fingerprint density at radius 3 is 3.00 bits per heavy atom. The van der Waals surface area contributed by atoms with Crippen LogP contribution in [0.3, 0.4) is 0 Å². The summed E-state index contributed by atoms with van der Waals surface area (Å²) in [5.41, 5.74) is 2.91. The van der Waals surface area contributed by atoms with E-state index in [1.165, 1.54) is 0 Å². The fourth-order valence-electron chi connectivity index (χ4n) is 1.97. The highest BCUT2D eigenvalue weighted by Crippen LogP contribution is 2.20. The molecule has 1 aliphatic heterocycles. The molecule has 1 aromatic rings. The van der Waals surface area contributed by atoms with Crippen molar-refractivity contribution in [2.24, 2.45) is 0 Å². The minimum atomic E-state index is -0.335. The topological polar surface area (TPSA) is 58.6 Å². The van der Waals surface area contributed by atoms with E-state index in [0.717, 1.165) is 11.1 Å². The number of aliphatic hydroxyl groups excluding tert-OH is 1. The van der Waals surface area contributed by atoms with Crippen LogP contribution in [0, 0.1) is 0 Å². The summed E-state index contributed by atoms with van der Waals surface area (Å²) < 4.78 is 5.31. The van der Waals surface area contributed by atoms with Gasteiger partial charge >= 0.3 is 0 Å². The molecular weight excluding hydrogens is 230 g/mol. The summed E-state index contributed by atoms with van der Waals surface area (Å²) in [6.07, 6.45) is 0.973. The molecule has 4 nitrogen and oxygen atoms in total. The molecule has 98 valence electrons. The number of hydrogen-bond acceptors (Lipinski definition) is 3. The van der Waals surface area contributed by atoms with Crippen molar-refractivity contribution in [2.75, 3.05) is 6.54 Å². The Labute approximate surface area is 107 Å². The molecule has 1 unspecified atom stereocenters. The second-order valence-electron chi connectivity index (χ2n) is 4.58. The Morgan fingerprint density at radius 1 is 1.44 bits per heavy atom. The van der Waals surface area contributed by atoms with Gasteiger partial charge in [-0.2, -0.15) is 0 Å². The first-order valence-electron chi connectivity index (χ1n) is 6.36. The Hall–Kier alpha value is -1.39. The Morgan fingerprint density at radius 2 is 2.22 bits per heavy atom. The predicted octanol–water partition coefficient (Wildman–Crippen LogP) is 1.61. The number of benzene rings is 1. The fraction of sp³-hybridized carbons (Fsp3) is 0.500. The summed E-state index contributed by atoms with van der Waals surface area (Å²) in [5, 5.41) is 12.2. The highest BCUT2D eigenvalue weighted by molar-refractivity contribution is 5.94. The molecule has 2 rings (SSSR count). The third-order valence-corrected chi connectivity index (χ3v) is 3.22. The molecule has 1 atom stereocenters. The van der Waals surface area contributed by atoms with Crippen LogP contribution in [0.5, 0.6) is 0 Å². The average molecular weight is 249 g/mol. The van der Waals surface area contributed by atoms with Crippen LogP contribution >= 0.6 is 0 Å². The van der Waals surface area contributed by atoms with Gasteiger partial charge in [0.2, 0.25) is 0 Å². The van der Waals surface area contributed by atoms with E-state index in [2.05, 4.69) is 5.32 Å². The van der Waals surface area contributed by atoms with Crippen molar-refractivity contribution >= 4 is 5.91 Å². The zero-order chi connectivity index (χ0) is 13.0. The number of hydrogen-bond donors (Lipinski definition) is 2. The number of aliphatic hydroxyl groups is 1. The average Bonchev–Trinajstić information content (AvgIpc) is 2.85. The molecule has 1 amide bonds. The SMILES string of the molecule is CCC(O)CCNC(=O)c1ccc2c(c1)COC2. The second kappa shape index (κ2) is 5.98. The Bertz CT molecular complexity index is 431. The van der Waals surface area contributed by atoms with Crippen LogP contribution in [0.15, 0.2) is 18.2 Å². The smallest absolute Gasteiger partial charge is 0.251 e. The van der Waals surface area contributed by atoms with Gasteiger partial charge < -0.3 is 15.2 Å². The summed E-state index contributed by atoms with van der Waals surface area (Å²) in [4.78, 5) is 11.9. The minimum Gasteiger partial charge on any atom is -0.393 e. The number of amides is 1. The lowest BCUT2D eigenvalue weighted by molar-refractivity contribution is 0.0942. The lowest BCUT2D eigenvalue weighted by atomic mass is 10.1. The van der Waals surface area contributed by atoms with Crippen molar-refractivity contribution in [3.8, 4) is 0 Å². The van der Waals surface area contributed by atoms with Crippen LogP contribution < -0.4 is 5.32 Å². The van der Waals surface area contributed by atoms with Gasteiger partial charge in [0.15, 0.2) is 0 Å². The standard InChI is InChI=1S/C14H19NO3/c1-2-13(16)5-6-15-14(17)10-3-4-11-8-18-9-12(11)7-10/h3-4,7,13,16H,2,5-6,8-9H2,1H3,(H,15,17). The zero-order valence-corrected chi connectivity index (χ0v) is 10.6. The molecule has 0 radical (unpaired) electrons. The molecule has 0 spiro atoms. The van der Waals surface area contributed by atoms with Gasteiger partial charge in [0.05, 0.1) is 19.3 Å². The van der Waals surface area contributed by atoms with E-state index >= 15 is 0 Å². The Kier molecular flexibility index (Phi) is 4.33. The largest absolute Gasteiger partial charge is 0.393 e. The predicted molar refractivity (Wildman–Crippen MR) is 68.2 cm³/mol. The monoisotopic (exact) mass is 249 g/mol.